The summed E-state index contributed by atoms with van der Waals surface area (Å²) in [7, 11) is 0. The first-order valence-electron chi connectivity index (χ1n) is 5.85. The first-order valence-corrected chi connectivity index (χ1v) is 5.85. The minimum absolute atomic E-state index is 0.0479. The fourth-order valence-electron chi connectivity index (χ4n) is 1.93. The molecular weight excluding hydrogens is 200 g/mol. The van der Waals surface area contributed by atoms with Crippen LogP contribution in [-0.2, 0) is 11.2 Å². The minimum Gasteiger partial charge on any atom is -0.342 e. The lowest BCUT2D eigenvalue weighted by Crippen LogP contribution is -2.23. The van der Waals surface area contributed by atoms with Crippen LogP contribution in [0.4, 0.5) is 0 Å². The molecule has 2 rings (SSSR count). The van der Waals surface area contributed by atoms with Crippen molar-refractivity contribution in [3.63, 3.8) is 0 Å². The molecule has 0 aliphatic carbocycles. The molecule has 0 bridgehead atoms. The molecule has 3 N–H and O–H groups in total. The minimum atomic E-state index is 0.0479. The maximum atomic E-state index is 10.8. The third-order valence-corrected chi connectivity index (χ3v) is 2.97. The van der Waals surface area contributed by atoms with Crippen LogP contribution in [0.1, 0.15) is 24.8 Å². The van der Waals surface area contributed by atoms with E-state index in [9.17, 15) is 4.79 Å². The van der Waals surface area contributed by atoms with Crippen molar-refractivity contribution in [3.8, 4) is 0 Å². The van der Waals surface area contributed by atoms with Crippen LogP contribution in [0.25, 0.3) is 0 Å². The van der Waals surface area contributed by atoms with Gasteiger partial charge in [0.2, 0.25) is 5.91 Å². The van der Waals surface area contributed by atoms with Gasteiger partial charge in [0.05, 0.1) is 0 Å². The maximum Gasteiger partial charge on any atom is 0.243 e. The number of carbonyl (C=O) groups is 1. The SMILES string of the molecule is N[C@@H](CCCc1ccccc1)CC1NC1=O. The van der Waals surface area contributed by atoms with E-state index in [4.69, 9.17) is 5.73 Å². The summed E-state index contributed by atoms with van der Waals surface area (Å²) < 4.78 is 0. The molecule has 3 nitrogen and oxygen atoms in total. The molecule has 1 aromatic rings. The van der Waals surface area contributed by atoms with E-state index in [1.54, 1.807) is 0 Å². The Morgan fingerprint density at radius 1 is 1.31 bits per heavy atom. The summed E-state index contributed by atoms with van der Waals surface area (Å²) in [6.45, 7) is 0. The number of nitrogens with one attached hydrogen (secondary N) is 1. The summed E-state index contributed by atoms with van der Waals surface area (Å²) in [4.78, 5) is 10.8. The van der Waals surface area contributed by atoms with Crippen LogP contribution >= 0.6 is 0 Å². The number of nitrogens with two attached hydrogens (primary N) is 1. The number of carbonyl (C=O) groups excluding carboxylic acids is 1. The predicted molar refractivity (Wildman–Crippen MR) is 63.9 cm³/mol. The van der Waals surface area contributed by atoms with Crippen LogP contribution < -0.4 is 11.1 Å². The summed E-state index contributed by atoms with van der Waals surface area (Å²) >= 11 is 0. The fourth-order valence-corrected chi connectivity index (χ4v) is 1.93. The lowest BCUT2D eigenvalue weighted by atomic mass is 10.0. The zero-order chi connectivity index (χ0) is 11.4. The Balaban J connectivity index is 1.62. The van der Waals surface area contributed by atoms with Crippen molar-refractivity contribution in [2.45, 2.75) is 37.8 Å². The molecular formula is C13H18N2O. The summed E-state index contributed by atoms with van der Waals surface area (Å²) in [5.41, 5.74) is 7.31. The van der Waals surface area contributed by atoms with Gasteiger partial charge in [-0.15, -0.1) is 0 Å². The molecule has 1 heterocycles. The average Bonchev–Trinajstić information content (AvgIpc) is 2.95. The first kappa shape index (κ1) is 11.1. The Hall–Kier alpha value is -1.35. The second-order valence-electron chi connectivity index (χ2n) is 4.43. The van der Waals surface area contributed by atoms with E-state index in [1.807, 2.05) is 6.07 Å². The zero-order valence-corrected chi connectivity index (χ0v) is 9.36. The standard InChI is InChI=1S/C13H18N2O/c14-11(9-12-13(16)15-12)8-4-7-10-5-2-1-3-6-10/h1-3,5-6,11-12H,4,7-9,14H2,(H,15,16)/t11-,12?/m0/s1. The molecule has 0 radical (unpaired) electrons. The fraction of sp³-hybridized carbons (Fsp3) is 0.462. The van der Waals surface area contributed by atoms with Crippen molar-refractivity contribution in [2.75, 3.05) is 0 Å². The highest BCUT2D eigenvalue weighted by molar-refractivity contribution is 5.96. The molecule has 1 fully saturated rings. The van der Waals surface area contributed by atoms with Crippen LogP contribution in [0.5, 0.6) is 0 Å². The molecule has 0 saturated carbocycles. The Morgan fingerprint density at radius 2 is 2.00 bits per heavy atom. The quantitative estimate of drug-likeness (QED) is 0.705. The van der Waals surface area contributed by atoms with Gasteiger partial charge in [-0.2, -0.15) is 0 Å². The second kappa shape index (κ2) is 5.12. The largest absolute Gasteiger partial charge is 0.342 e. The highest BCUT2D eigenvalue weighted by atomic mass is 16.2. The molecule has 1 saturated heterocycles. The summed E-state index contributed by atoms with van der Waals surface area (Å²) in [6, 6.07) is 10.6. The lowest BCUT2D eigenvalue weighted by molar-refractivity contribution is -0.111. The molecule has 16 heavy (non-hydrogen) atoms. The van der Waals surface area contributed by atoms with E-state index >= 15 is 0 Å². The van der Waals surface area contributed by atoms with Crippen molar-refractivity contribution in [2.24, 2.45) is 5.73 Å². The van der Waals surface area contributed by atoms with Gasteiger partial charge in [0, 0.05) is 6.04 Å². The Labute approximate surface area is 96.0 Å². The van der Waals surface area contributed by atoms with Crippen molar-refractivity contribution in [1.82, 2.24) is 5.32 Å². The molecule has 3 heteroatoms. The summed E-state index contributed by atoms with van der Waals surface area (Å²) in [5, 5.41) is 2.75. The van der Waals surface area contributed by atoms with E-state index in [0.29, 0.717) is 0 Å². The van der Waals surface area contributed by atoms with Gasteiger partial charge in [0.25, 0.3) is 0 Å². The van der Waals surface area contributed by atoms with Crippen LogP contribution in [-0.4, -0.2) is 18.0 Å². The van der Waals surface area contributed by atoms with Crippen LogP contribution in [0, 0.1) is 0 Å². The number of aryl methyl sites for hydroxylation is 1. The van der Waals surface area contributed by atoms with Gasteiger partial charge >= 0.3 is 0 Å². The molecule has 1 amide bonds. The molecule has 0 aromatic heterocycles. The molecule has 1 aromatic carbocycles. The van der Waals surface area contributed by atoms with E-state index in [2.05, 4.69) is 29.6 Å². The molecule has 0 spiro atoms. The Bertz CT molecular complexity index is 350. The number of rotatable bonds is 6. The maximum absolute atomic E-state index is 10.8. The normalized spacial score (nSPS) is 20.3. The zero-order valence-electron chi connectivity index (χ0n) is 9.36. The molecule has 1 aliphatic rings. The monoisotopic (exact) mass is 218 g/mol. The highest BCUT2D eigenvalue weighted by Crippen LogP contribution is 2.12. The third-order valence-electron chi connectivity index (χ3n) is 2.97. The molecule has 1 unspecified atom stereocenters. The smallest absolute Gasteiger partial charge is 0.243 e. The topological polar surface area (TPSA) is 65.0 Å². The van der Waals surface area contributed by atoms with Gasteiger partial charge < -0.3 is 11.1 Å². The van der Waals surface area contributed by atoms with E-state index < -0.39 is 0 Å². The number of benzene rings is 1. The molecule has 2 atom stereocenters. The van der Waals surface area contributed by atoms with E-state index in [-0.39, 0.29) is 18.0 Å². The number of amides is 1. The first-order chi connectivity index (χ1) is 7.75. The third kappa shape index (κ3) is 3.35. The predicted octanol–water partition coefficient (Wildman–Crippen LogP) is 1.23. The van der Waals surface area contributed by atoms with Gasteiger partial charge in [0.1, 0.15) is 6.04 Å². The van der Waals surface area contributed by atoms with E-state index in [0.717, 1.165) is 25.7 Å². The molecule has 86 valence electrons. The van der Waals surface area contributed by atoms with Gasteiger partial charge in [0.15, 0.2) is 0 Å². The van der Waals surface area contributed by atoms with Crippen LogP contribution in [0.15, 0.2) is 30.3 Å². The molecule has 1 aliphatic heterocycles. The van der Waals surface area contributed by atoms with Crippen molar-refractivity contribution < 1.29 is 4.79 Å². The van der Waals surface area contributed by atoms with Crippen molar-refractivity contribution in [1.29, 1.82) is 0 Å². The van der Waals surface area contributed by atoms with Crippen molar-refractivity contribution >= 4 is 5.91 Å². The summed E-state index contributed by atoms with van der Waals surface area (Å²) in [5.74, 6) is 0.151. The second-order valence-corrected chi connectivity index (χ2v) is 4.43. The highest BCUT2D eigenvalue weighted by Gasteiger charge is 2.34. The Morgan fingerprint density at radius 3 is 2.62 bits per heavy atom. The van der Waals surface area contributed by atoms with Gasteiger partial charge in [-0.25, -0.2) is 0 Å². The number of hydrogen-bond donors (Lipinski definition) is 2. The van der Waals surface area contributed by atoms with E-state index in [1.165, 1.54) is 5.56 Å². The van der Waals surface area contributed by atoms with Crippen LogP contribution in [0.2, 0.25) is 0 Å². The van der Waals surface area contributed by atoms with Crippen LogP contribution in [0.3, 0.4) is 0 Å². The van der Waals surface area contributed by atoms with Gasteiger partial charge in [-0.05, 0) is 31.2 Å². The Kier molecular flexibility index (Phi) is 3.57. The van der Waals surface area contributed by atoms with Gasteiger partial charge in [-0.1, -0.05) is 30.3 Å². The summed E-state index contributed by atoms with van der Waals surface area (Å²) in [6.07, 6.45) is 3.93. The van der Waals surface area contributed by atoms with Gasteiger partial charge in [-0.3, -0.25) is 4.79 Å². The lowest BCUT2D eigenvalue weighted by Gasteiger charge is -2.09. The average molecular weight is 218 g/mol. The van der Waals surface area contributed by atoms with Crippen molar-refractivity contribution in [3.05, 3.63) is 35.9 Å². The number of hydrogen-bond acceptors (Lipinski definition) is 2.